The van der Waals surface area contributed by atoms with Gasteiger partial charge in [-0.1, -0.05) is 6.92 Å². The van der Waals surface area contributed by atoms with Gasteiger partial charge in [-0.05, 0) is 31.1 Å². The number of fused-ring (bicyclic) bond motifs is 3. The molecular weight excluding hydrogens is 128 g/mol. The third-order valence-corrected chi connectivity index (χ3v) is 5.34. The predicted molar refractivity (Wildman–Crippen MR) is 40.6 cm³/mol. The molecule has 3 aliphatic rings. The van der Waals surface area contributed by atoms with E-state index in [9.17, 15) is 0 Å². The summed E-state index contributed by atoms with van der Waals surface area (Å²) >= 11 is 2.29. The normalized spacial score (nSPS) is 68.3. The van der Waals surface area contributed by atoms with E-state index in [0.29, 0.717) is 0 Å². The molecule has 2 aliphatic carbocycles. The van der Waals surface area contributed by atoms with Gasteiger partial charge in [-0.15, -0.1) is 0 Å². The van der Waals surface area contributed by atoms with Crippen LogP contribution in [0.15, 0.2) is 0 Å². The van der Waals surface area contributed by atoms with Crippen molar-refractivity contribution in [1.29, 1.82) is 0 Å². The maximum Gasteiger partial charge on any atom is 0.0166 e. The van der Waals surface area contributed by atoms with E-state index in [1.165, 1.54) is 12.3 Å². The van der Waals surface area contributed by atoms with E-state index >= 15 is 0 Å². The van der Waals surface area contributed by atoms with Crippen molar-refractivity contribution in [2.45, 2.75) is 36.2 Å². The second-order valence-corrected chi connectivity index (χ2v) is 5.79. The Morgan fingerprint density at radius 3 is 2.78 bits per heavy atom. The quantitative estimate of drug-likeness (QED) is 0.497. The Hall–Kier alpha value is 0.350. The fourth-order valence-corrected chi connectivity index (χ4v) is 4.70. The van der Waals surface area contributed by atoms with E-state index < -0.39 is 0 Å². The van der Waals surface area contributed by atoms with Crippen LogP contribution in [0.3, 0.4) is 0 Å². The second kappa shape index (κ2) is 1.20. The molecule has 0 N–H and O–H groups in total. The summed E-state index contributed by atoms with van der Waals surface area (Å²) in [7, 11) is 0. The molecule has 0 spiro atoms. The molecule has 1 saturated heterocycles. The van der Waals surface area contributed by atoms with Gasteiger partial charge in [-0.3, -0.25) is 0 Å². The molecule has 0 aromatic carbocycles. The van der Waals surface area contributed by atoms with Gasteiger partial charge in [-0.2, -0.15) is 11.8 Å². The highest BCUT2D eigenvalue weighted by atomic mass is 32.2. The molecule has 0 aromatic rings. The molecule has 2 saturated carbocycles. The molecule has 3 rings (SSSR count). The molecule has 3 fully saturated rings. The molecule has 50 valence electrons. The predicted octanol–water partition coefficient (Wildman–Crippen LogP) is 2.29. The summed E-state index contributed by atoms with van der Waals surface area (Å²) in [6, 6.07) is 0. The molecule has 0 amide bonds. The Balaban J connectivity index is 1.96. The molecule has 0 aromatic heterocycles. The topological polar surface area (TPSA) is 0 Å². The van der Waals surface area contributed by atoms with Crippen LogP contribution in [-0.4, -0.2) is 10.00 Å². The second-order valence-electron chi connectivity index (χ2n) is 4.01. The molecule has 0 nitrogen and oxygen atoms in total. The molecule has 0 radical (unpaired) electrons. The minimum Gasteiger partial charge on any atom is -0.151 e. The van der Waals surface area contributed by atoms with Crippen LogP contribution in [0, 0.1) is 11.8 Å². The van der Waals surface area contributed by atoms with E-state index in [0.717, 1.165) is 15.9 Å². The third-order valence-electron chi connectivity index (χ3n) is 3.45. The van der Waals surface area contributed by atoms with E-state index in [4.69, 9.17) is 0 Å². The Morgan fingerprint density at radius 2 is 2.44 bits per heavy atom. The smallest absolute Gasteiger partial charge is 0.0166 e. The first-order valence-corrected chi connectivity index (χ1v) is 4.85. The summed E-state index contributed by atoms with van der Waals surface area (Å²) in [4.78, 5) is 0. The van der Waals surface area contributed by atoms with Crippen molar-refractivity contribution in [3.8, 4) is 0 Å². The van der Waals surface area contributed by atoms with Crippen LogP contribution in [0.4, 0.5) is 0 Å². The van der Waals surface area contributed by atoms with Crippen molar-refractivity contribution in [2.24, 2.45) is 11.8 Å². The van der Waals surface area contributed by atoms with E-state index in [2.05, 4.69) is 18.7 Å². The lowest BCUT2D eigenvalue weighted by Gasteiger charge is -2.43. The van der Waals surface area contributed by atoms with Crippen molar-refractivity contribution < 1.29 is 0 Å². The van der Waals surface area contributed by atoms with Gasteiger partial charge in [0.25, 0.3) is 0 Å². The number of thioether (sulfide) groups is 1. The average Bonchev–Trinajstić information content (AvgIpc) is 2.41. The Kier molecular flexibility index (Phi) is 0.677. The van der Waals surface area contributed by atoms with Crippen LogP contribution in [0.5, 0.6) is 0 Å². The van der Waals surface area contributed by atoms with Gasteiger partial charge in [0.15, 0.2) is 0 Å². The lowest BCUT2D eigenvalue weighted by Crippen LogP contribution is -2.39. The summed E-state index contributed by atoms with van der Waals surface area (Å²) in [5.41, 5.74) is 0. The molecule has 0 bridgehead atoms. The maximum absolute atomic E-state index is 2.47. The Morgan fingerprint density at radius 1 is 1.56 bits per heavy atom. The number of hydrogen-bond donors (Lipinski definition) is 0. The van der Waals surface area contributed by atoms with Crippen LogP contribution >= 0.6 is 11.8 Å². The van der Waals surface area contributed by atoms with E-state index in [1.807, 2.05) is 0 Å². The van der Waals surface area contributed by atoms with Crippen molar-refractivity contribution in [2.75, 3.05) is 0 Å². The minimum absolute atomic E-state index is 0.771. The van der Waals surface area contributed by atoms with Gasteiger partial charge < -0.3 is 0 Å². The first-order valence-electron chi connectivity index (χ1n) is 3.97. The first kappa shape index (κ1) is 5.06. The van der Waals surface area contributed by atoms with Gasteiger partial charge >= 0.3 is 0 Å². The molecule has 1 heteroatoms. The third kappa shape index (κ3) is 0.450. The Labute approximate surface area is 60.4 Å². The number of rotatable bonds is 0. The standard InChI is InChI=1S/C8H12S/c1-8-3-2-6(8)5-4-7(5)9-8/h5-7H,2-4H2,1H3/t5?,6?,7?,8-/m0/s1. The zero-order valence-corrected chi connectivity index (χ0v) is 6.58. The van der Waals surface area contributed by atoms with Crippen molar-refractivity contribution in [3.63, 3.8) is 0 Å². The maximum atomic E-state index is 2.47. The summed E-state index contributed by atoms with van der Waals surface area (Å²) < 4.78 is 0.771. The minimum atomic E-state index is 0.771. The lowest BCUT2D eigenvalue weighted by molar-refractivity contribution is 0.218. The first-order chi connectivity index (χ1) is 4.30. The van der Waals surface area contributed by atoms with Gasteiger partial charge in [0, 0.05) is 10.00 Å². The van der Waals surface area contributed by atoms with Gasteiger partial charge in [0.05, 0.1) is 0 Å². The molecule has 3 unspecified atom stereocenters. The molecule has 4 atom stereocenters. The zero-order valence-electron chi connectivity index (χ0n) is 5.76. The van der Waals surface area contributed by atoms with Gasteiger partial charge in [0.1, 0.15) is 0 Å². The summed E-state index contributed by atoms with van der Waals surface area (Å²) in [5, 5.41) is 1.11. The van der Waals surface area contributed by atoms with Gasteiger partial charge in [-0.25, -0.2) is 0 Å². The summed E-state index contributed by atoms with van der Waals surface area (Å²) in [6.45, 7) is 2.47. The zero-order chi connectivity index (χ0) is 6.06. The Bertz CT molecular complexity index is 166. The largest absolute Gasteiger partial charge is 0.151 e. The van der Waals surface area contributed by atoms with Crippen LogP contribution in [0.2, 0.25) is 0 Å². The molecule has 9 heavy (non-hydrogen) atoms. The fourth-order valence-electron chi connectivity index (χ4n) is 2.63. The van der Waals surface area contributed by atoms with Gasteiger partial charge in [0.2, 0.25) is 0 Å². The van der Waals surface area contributed by atoms with E-state index in [-0.39, 0.29) is 0 Å². The summed E-state index contributed by atoms with van der Waals surface area (Å²) in [5.74, 6) is 2.32. The molecule has 1 heterocycles. The molecular formula is C8H12S. The van der Waals surface area contributed by atoms with Crippen molar-refractivity contribution in [3.05, 3.63) is 0 Å². The highest BCUT2D eigenvalue weighted by Gasteiger charge is 2.63. The average molecular weight is 140 g/mol. The summed E-state index contributed by atoms with van der Waals surface area (Å²) in [6.07, 6.45) is 4.62. The number of hydrogen-bond acceptors (Lipinski definition) is 1. The fraction of sp³-hybridized carbons (Fsp3) is 1.00. The van der Waals surface area contributed by atoms with Crippen LogP contribution in [-0.2, 0) is 0 Å². The lowest BCUT2D eigenvalue weighted by atomic mass is 9.71. The van der Waals surface area contributed by atoms with Crippen LogP contribution < -0.4 is 0 Å². The van der Waals surface area contributed by atoms with Crippen molar-refractivity contribution in [1.82, 2.24) is 0 Å². The van der Waals surface area contributed by atoms with Crippen molar-refractivity contribution >= 4 is 11.8 Å². The highest BCUT2D eigenvalue weighted by Crippen LogP contribution is 2.70. The SMILES string of the molecule is C[C@]12CCC1C1CC1S2. The van der Waals surface area contributed by atoms with E-state index in [1.54, 1.807) is 12.8 Å². The molecule has 1 aliphatic heterocycles. The monoisotopic (exact) mass is 140 g/mol. The van der Waals surface area contributed by atoms with Crippen LogP contribution in [0.1, 0.15) is 26.2 Å². The van der Waals surface area contributed by atoms with Crippen LogP contribution in [0.25, 0.3) is 0 Å². The highest BCUT2D eigenvalue weighted by molar-refractivity contribution is 8.01.